The van der Waals surface area contributed by atoms with E-state index in [2.05, 4.69) is 74.2 Å². The molecular weight excluding hydrogens is 228 g/mol. The van der Waals surface area contributed by atoms with Crippen molar-refractivity contribution in [1.29, 1.82) is 0 Å². The van der Waals surface area contributed by atoms with Crippen molar-refractivity contribution in [3.63, 3.8) is 0 Å². The van der Waals surface area contributed by atoms with E-state index >= 15 is 0 Å². The number of hydrogen-bond donors (Lipinski definition) is 0. The first kappa shape index (κ1) is 11.7. The average Bonchev–Trinajstić information content (AvgIpc) is 2.47. The van der Waals surface area contributed by atoms with Crippen LogP contribution in [0.25, 0.3) is 27.1 Å². The third kappa shape index (κ3) is 1.86. The van der Waals surface area contributed by atoms with Crippen molar-refractivity contribution in [2.24, 2.45) is 0 Å². The fraction of sp³-hybridized carbons (Fsp3) is 0.0526. The molecule has 0 unspecified atom stereocenters. The number of hydrogen-bond acceptors (Lipinski definition) is 0. The van der Waals surface area contributed by atoms with Gasteiger partial charge in [0.15, 0.2) is 0 Å². The molecule has 0 aliphatic rings. The van der Waals surface area contributed by atoms with Gasteiger partial charge in [-0.1, -0.05) is 67.3 Å². The molecule has 0 bridgehead atoms. The maximum atomic E-state index is 3.95. The van der Waals surface area contributed by atoms with Crippen molar-refractivity contribution in [1.82, 2.24) is 0 Å². The lowest BCUT2D eigenvalue weighted by Gasteiger charge is -2.12. The van der Waals surface area contributed by atoms with Crippen molar-refractivity contribution in [3.05, 3.63) is 78.9 Å². The summed E-state index contributed by atoms with van der Waals surface area (Å²) >= 11 is 0. The van der Waals surface area contributed by atoms with Gasteiger partial charge in [-0.2, -0.15) is 0 Å². The van der Waals surface area contributed by atoms with E-state index in [4.69, 9.17) is 0 Å². The molecule has 0 saturated heterocycles. The SMILES string of the molecule is C=CC(=CC)c1c2ccccc2cc2ccccc12. The van der Waals surface area contributed by atoms with E-state index < -0.39 is 0 Å². The third-order valence-corrected chi connectivity index (χ3v) is 3.59. The van der Waals surface area contributed by atoms with Gasteiger partial charge < -0.3 is 0 Å². The maximum Gasteiger partial charge on any atom is -0.00303 e. The molecule has 0 fully saturated rings. The first-order chi connectivity index (χ1) is 9.35. The molecule has 0 heteroatoms. The van der Waals surface area contributed by atoms with Crippen LogP contribution in [0.5, 0.6) is 0 Å². The maximum absolute atomic E-state index is 3.95. The van der Waals surface area contributed by atoms with Gasteiger partial charge in [0, 0.05) is 0 Å². The lowest BCUT2D eigenvalue weighted by molar-refractivity contribution is 1.68. The predicted octanol–water partition coefficient (Wildman–Crippen LogP) is 5.58. The van der Waals surface area contributed by atoms with Gasteiger partial charge in [0.25, 0.3) is 0 Å². The van der Waals surface area contributed by atoms with Crippen LogP contribution in [0.15, 0.2) is 73.3 Å². The summed E-state index contributed by atoms with van der Waals surface area (Å²) in [4.78, 5) is 0. The average molecular weight is 244 g/mol. The predicted molar refractivity (Wildman–Crippen MR) is 85.3 cm³/mol. The fourth-order valence-corrected chi connectivity index (χ4v) is 2.69. The zero-order chi connectivity index (χ0) is 13.2. The van der Waals surface area contributed by atoms with Crippen LogP contribution in [-0.2, 0) is 0 Å². The second-order valence-electron chi connectivity index (χ2n) is 4.64. The van der Waals surface area contributed by atoms with E-state index in [0.29, 0.717) is 0 Å². The normalized spacial score (nSPS) is 11.9. The van der Waals surface area contributed by atoms with Crippen LogP contribution in [0.4, 0.5) is 0 Å². The summed E-state index contributed by atoms with van der Waals surface area (Å²) in [5.74, 6) is 0. The van der Waals surface area contributed by atoms with E-state index in [1.54, 1.807) is 0 Å². The van der Waals surface area contributed by atoms with Crippen LogP contribution < -0.4 is 0 Å². The minimum absolute atomic E-state index is 1.19. The van der Waals surface area contributed by atoms with E-state index in [1.807, 2.05) is 6.08 Å². The van der Waals surface area contributed by atoms with Gasteiger partial charge in [-0.15, -0.1) is 0 Å². The van der Waals surface area contributed by atoms with E-state index in [0.717, 1.165) is 0 Å². The Morgan fingerprint density at radius 2 is 1.42 bits per heavy atom. The van der Waals surface area contributed by atoms with Crippen LogP contribution in [0.2, 0.25) is 0 Å². The van der Waals surface area contributed by atoms with Gasteiger partial charge >= 0.3 is 0 Å². The van der Waals surface area contributed by atoms with Gasteiger partial charge in [0.05, 0.1) is 0 Å². The van der Waals surface area contributed by atoms with Crippen LogP contribution in [0, 0.1) is 0 Å². The molecule has 0 saturated carbocycles. The van der Waals surface area contributed by atoms with Gasteiger partial charge in [-0.3, -0.25) is 0 Å². The van der Waals surface area contributed by atoms with Crippen LogP contribution in [0.3, 0.4) is 0 Å². The first-order valence-electron chi connectivity index (χ1n) is 6.54. The Morgan fingerprint density at radius 1 is 0.895 bits per heavy atom. The summed E-state index contributed by atoms with van der Waals surface area (Å²) in [5, 5.41) is 5.12. The molecule has 0 amide bonds. The van der Waals surface area contributed by atoms with Crippen molar-refractivity contribution in [2.75, 3.05) is 0 Å². The summed E-state index contributed by atoms with van der Waals surface area (Å²) in [6.07, 6.45) is 4.06. The highest BCUT2D eigenvalue weighted by Gasteiger charge is 2.08. The Morgan fingerprint density at radius 3 is 1.89 bits per heavy atom. The molecule has 0 spiro atoms. The van der Waals surface area contributed by atoms with Crippen LogP contribution in [0.1, 0.15) is 12.5 Å². The third-order valence-electron chi connectivity index (χ3n) is 3.59. The minimum Gasteiger partial charge on any atom is -0.0985 e. The Balaban J connectivity index is 2.57. The van der Waals surface area contributed by atoms with Crippen LogP contribution in [-0.4, -0.2) is 0 Å². The van der Waals surface area contributed by atoms with Crippen molar-refractivity contribution in [3.8, 4) is 0 Å². The van der Waals surface area contributed by atoms with Crippen molar-refractivity contribution >= 4 is 27.1 Å². The Bertz CT molecular complexity index is 737. The van der Waals surface area contributed by atoms with Crippen LogP contribution >= 0.6 is 0 Å². The standard InChI is InChI=1S/C19H16/c1-3-14(4-2)19-17-11-7-5-9-15(17)13-16-10-6-8-12-18(16)19/h3-13H,1H2,2H3. The second-order valence-corrected chi connectivity index (χ2v) is 4.64. The molecule has 0 N–H and O–H groups in total. The molecule has 0 atom stereocenters. The highest BCUT2D eigenvalue weighted by molar-refractivity contribution is 6.10. The van der Waals surface area contributed by atoms with E-state index in [1.165, 1.54) is 32.7 Å². The lowest BCUT2D eigenvalue weighted by atomic mass is 9.92. The molecule has 0 nitrogen and oxygen atoms in total. The fourth-order valence-electron chi connectivity index (χ4n) is 2.69. The summed E-state index contributed by atoms with van der Waals surface area (Å²) in [6.45, 7) is 6.02. The highest BCUT2D eigenvalue weighted by Crippen LogP contribution is 2.33. The smallest absolute Gasteiger partial charge is 0.00303 e. The molecule has 3 aromatic carbocycles. The minimum atomic E-state index is 1.19. The zero-order valence-electron chi connectivity index (χ0n) is 11.1. The summed E-state index contributed by atoms with van der Waals surface area (Å²) in [5.41, 5.74) is 2.47. The Kier molecular flexibility index (Phi) is 2.92. The molecular formula is C19H16. The molecule has 0 heterocycles. The lowest BCUT2D eigenvalue weighted by Crippen LogP contribution is -1.87. The number of fused-ring (bicyclic) bond motifs is 2. The van der Waals surface area contributed by atoms with E-state index in [9.17, 15) is 0 Å². The van der Waals surface area contributed by atoms with Gasteiger partial charge in [0.1, 0.15) is 0 Å². The largest absolute Gasteiger partial charge is 0.0985 e. The topological polar surface area (TPSA) is 0 Å². The molecule has 0 radical (unpaired) electrons. The van der Waals surface area contributed by atoms with Crippen molar-refractivity contribution in [2.45, 2.75) is 6.92 Å². The van der Waals surface area contributed by atoms with Gasteiger partial charge in [0.2, 0.25) is 0 Å². The summed E-state index contributed by atoms with van der Waals surface area (Å²) in [6, 6.07) is 19.3. The molecule has 0 aliphatic carbocycles. The molecule has 3 rings (SSSR count). The quantitative estimate of drug-likeness (QED) is 0.407. The number of rotatable bonds is 2. The van der Waals surface area contributed by atoms with Gasteiger partial charge in [-0.25, -0.2) is 0 Å². The van der Waals surface area contributed by atoms with Gasteiger partial charge in [-0.05, 0) is 45.7 Å². The van der Waals surface area contributed by atoms with Crippen molar-refractivity contribution < 1.29 is 0 Å². The first-order valence-corrected chi connectivity index (χ1v) is 6.54. The highest BCUT2D eigenvalue weighted by atomic mass is 14.1. The van der Waals surface area contributed by atoms with E-state index in [-0.39, 0.29) is 0 Å². The molecule has 19 heavy (non-hydrogen) atoms. The number of allylic oxidation sites excluding steroid dienone is 3. The monoisotopic (exact) mass is 244 g/mol. The number of benzene rings is 3. The summed E-state index contributed by atoms with van der Waals surface area (Å²) < 4.78 is 0. The molecule has 0 aromatic heterocycles. The molecule has 3 aromatic rings. The summed E-state index contributed by atoms with van der Waals surface area (Å²) in [7, 11) is 0. The molecule has 92 valence electrons. The zero-order valence-corrected chi connectivity index (χ0v) is 11.1. The molecule has 0 aliphatic heterocycles. The Labute approximate surface area is 113 Å². The Hall–Kier alpha value is -2.34. The second kappa shape index (κ2) is 4.74.